The van der Waals surface area contributed by atoms with Crippen LogP contribution < -0.4 is 5.01 Å². The van der Waals surface area contributed by atoms with Crippen molar-refractivity contribution >= 4 is 56.1 Å². The van der Waals surface area contributed by atoms with E-state index in [0.717, 1.165) is 33.4 Å². The summed E-state index contributed by atoms with van der Waals surface area (Å²) in [6.07, 6.45) is 5.53. The van der Waals surface area contributed by atoms with Crippen molar-refractivity contribution in [3.05, 3.63) is 125 Å². The molecule has 5 aromatic heterocycles. The smallest absolute Gasteiger partial charge is 0.179 e. The molecule has 7 aromatic rings. The van der Waals surface area contributed by atoms with Gasteiger partial charge >= 0.3 is 0 Å². The van der Waals surface area contributed by atoms with Crippen molar-refractivity contribution in [2.24, 2.45) is 0 Å². The van der Waals surface area contributed by atoms with Crippen LogP contribution in [0.25, 0.3) is 31.8 Å². The Morgan fingerprint density at radius 3 is 2.30 bits per heavy atom. The summed E-state index contributed by atoms with van der Waals surface area (Å²) < 4.78 is 2.12. The molecule has 6 heterocycles. The van der Waals surface area contributed by atoms with E-state index in [1.807, 2.05) is 47.3 Å². The minimum absolute atomic E-state index is 0.397. The Morgan fingerprint density at radius 1 is 0.649 bits per heavy atom. The van der Waals surface area contributed by atoms with E-state index in [9.17, 15) is 0 Å². The molecule has 174 valence electrons. The summed E-state index contributed by atoms with van der Waals surface area (Å²) in [4.78, 5) is 16.7. The number of benzene rings is 2. The monoisotopic (exact) mass is 511 g/mol. The van der Waals surface area contributed by atoms with Crippen LogP contribution in [0.2, 0.25) is 0 Å². The fourth-order valence-electron chi connectivity index (χ4n) is 6.35. The zero-order valence-corrected chi connectivity index (χ0v) is 21.0. The van der Waals surface area contributed by atoms with E-state index in [-0.39, 0.29) is 0 Å². The number of para-hydroxylation sites is 1. The van der Waals surface area contributed by atoms with Crippen molar-refractivity contribution in [3.63, 3.8) is 0 Å². The molecule has 0 atom stereocenters. The van der Waals surface area contributed by atoms with E-state index in [1.165, 1.54) is 32.0 Å². The lowest BCUT2D eigenvalue weighted by molar-refractivity contribution is 0.714. The van der Waals surface area contributed by atoms with Crippen LogP contribution in [-0.2, 0) is 5.41 Å². The number of thiophene rings is 2. The number of hydrogen-bond donors (Lipinski definition) is 0. The maximum atomic E-state index is 4.75. The summed E-state index contributed by atoms with van der Waals surface area (Å²) in [5.74, 6) is 0. The van der Waals surface area contributed by atoms with Crippen molar-refractivity contribution in [2.75, 3.05) is 5.01 Å². The van der Waals surface area contributed by atoms with Gasteiger partial charge in [-0.05, 0) is 81.5 Å². The van der Waals surface area contributed by atoms with Crippen LogP contribution in [0.4, 0.5) is 11.4 Å². The molecule has 37 heavy (non-hydrogen) atoms. The molecule has 0 saturated heterocycles. The Bertz CT molecular complexity index is 1990. The van der Waals surface area contributed by atoms with Gasteiger partial charge in [-0.25, -0.2) is 19.7 Å². The first kappa shape index (κ1) is 19.8. The van der Waals surface area contributed by atoms with Crippen LogP contribution in [0.3, 0.4) is 0 Å². The van der Waals surface area contributed by atoms with Crippen LogP contribution in [-0.4, -0.2) is 19.6 Å². The number of rotatable bonds is 1. The average molecular weight is 512 g/mol. The molecule has 7 heteroatoms. The first-order valence-corrected chi connectivity index (χ1v) is 13.9. The van der Waals surface area contributed by atoms with Gasteiger partial charge in [0.2, 0.25) is 0 Å². The van der Waals surface area contributed by atoms with E-state index in [4.69, 9.17) is 4.98 Å². The highest BCUT2D eigenvalue weighted by atomic mass is 32.1. The summed E-state index contributed by atoms with van der Waals surface area (Å²) in [7, 11) is 0. The second kappa shape index (κ2) is 6.91. The molecule has 1 aliphatic carbocycles. The first-order valence-electron chi connectivity index (χ1n) is 12.1. The first-order chi connectivity index (χ1) is 18.4. The molecule has 0 amide bonds. The zero-order valence-electron chi connectivity index (χ0n) is 19.4. The topological polar surface area (TPSA) is 46.8 Å². The summed E-state index contributed by atoms with van der Waals surface area (Å²) in [5, 5.41) is 7.90. The summed E-state index contributed by atoms with van der Waals surface area (Å²) in [6, 6.07) is 26.3. The number of imidazole rings is 1. The number of anilines is 2. The highest BCUT2D eigenvalue weighted by Crippen LogP contribution is 2.64. The van der Waals surface area contributed by atoms with E-state index in [1.54, 1.807) is 6.20 Å². The predicted octanol–water partition coefficient (Wildman–Crippen LogP) is 7.38. The van der Waals surface area contributed by atoms with Crippen molar-refractivity contribution in [2.45, 2.75) is 5.41 Å². The molecule has 2 aromatic carbocycles. The van der Waals surface area contributed by atoms with Crippen LogP contribution in [0.5, 0.6) is 0 Å². The molecule has 0 bridgehead atoms. The SMILES string of the molecule is c1ccc2c(c1)N(n1cnc3ncccc31)c1cc3ncccc3cc1C21c2ccsc2-c2sccc21. The summed E-state index contributed by atoms with van der Waals surface area (Å²) in [5.41, 5.74) is 9.75. The molecule has 5 nitrogen and oxygen atoms in total. The molecule has 0 N–H and O–H groups in total. The zero-order chi connectivity index (χ0) is 24.1. The fraction of sp³-hybridized carbons (Fsp3) is 0.0333. The number of fused-ring (bicyclic) bond motifs is 11. The maximum absolute atomic E-state index is 4.75. The van der Waals surface area contributed by atoms with E-state index < -0.39 is 5.41 Å². The Morgan fingerprint density at radius 2 is 1.43 bits per heavy atom. The molecular weight excluding hydrogens is 494 g/mol. The van der Waals surface area contributed by atoms with Gasteiger partial charge < -0.3 is 0 Å². The fourth-order valence-corrected chi connectivity index (χ4v) is 8.45. The van der Waals surface area contributed by atoms with Crippen molar-refractivity contribution in [3.8, 4) is 9.75 Å². The molecule has 0 saturated carbocycles. The Balaban J connectivity index is 1.49. The normalized spacial score (nSPS) is 14.6. The molecule has 0 radical (unpaired) electrons. The van der Waals surface area contributed by atoms with Gasteiger partial charge in [0.05, 0.1) is 22.3 Å². The average Bonchev–Trinajstić information content (AvgIpc) is 3.73. The van der Waals surface area contributed by atoms with Gasteiger partial charge in [-0.2, -0.15) is 0 Å². The largest absolute Gasteiger partial charge is 0.256 e. The lowest BCUT2D eigenvalue weighted by atomic mass is 9.65. The number of aromatic nitrogens is 4. The van der Waals surface area contributed by atoms with Crippen molar-refractivity contribution < 1.29 is 0 Å². The third-order valence-corrected chi connectivity index (χ3v) is 9.74. The van der Waals surface area contributed by atoms with Gasteiger partial charge in [0, 0.05) is 27.5 Å². The number of nitrogens with zero attached hydrogens (tertiary/aromatic N) is 5. The second-order valence-corrected chi connectivity index (χ2v) is 11.2. The highest BCUT2D eigenvalue weighted by molar-refractivity contribution is 7.21. The Hall–Kier alpha value is -4.33. The minimum Gasteiger partial charge on any atom is -0.256 e. The van der Waals surface area contributed by atoms with Gasteiger partial charge in [0.1, 0.15) is 11.8 Å². The van der Waals surface area contributed by atoms with Crippen LogP contribution >= 0.6 is 22.7 Å². The lowest BCUT2D eigenvalue weighted by Gasteiger charge is -2.44. The van der Waals surface area contributed by atoms with Crippen LogP contribution in [0.1, 0.15) is 22.3 Å². The second-order valence-electron chi connectivity index (χ2n) is 9.41. The minimum atomic E-state index is -0.397. The van der Waals surface area contributed by atoms with Gasteiger partial charge in [-0.1, -0.05) is 24.3 Å². The van der Waals surface area contributed by atoms with E-state index in [0.29, 0.717) is 0 Å². The van der Waals surface area contributed by atoms with Crippen molar-refractivity contribution in [1.82, 2.24) is 19.6 Å². The lowest BCUT2D eigenvalue weighted by Crippen LogP contribution is -2.39. The van der Waals surface area contributed by atoms with Gasteiger partial charge in [-0.15, -0.1) is 22.7 Å². The van der Waals surface area contributed by atoms with Gasteiger partial charge in [0.25, 0.3) is 0 Å². The molecule has 0 fully saturated rings. The van der Waals surface area contributed by atoms with Crippen LogP contribution in [0.15, 0.2) is 102 Å². The molecule has 9 rings (SSSR count). The Kier molecular flexibility index (Phi) is 3.70. The van der Waals surface area contributed by atoms with Crippen LogP contribution in [0, 0.1) is 0 Å². The van der Waals surface area contributed by atoms with E-state index in [2.05, 4.69) is 91.1 Å². The van der Waals surface area contributed by atoms with Gasteiger partial charge in [-0.3, -0.25) is 4.98 Å². The molecular formula is C30H17N5S2. The quantitative estimate of drug-likeness (QED) is 0.231. The molecule has 0 unspecified atom stereocenters. The number of hydrogen-bond acceptors (Lipinski definition) is 6. The third-order valence-electron chi connectivity index (χ3n) is 7.75. The summed E-state index contributed by atoms with van der Waals surface area (Å²) in [6.45, 7) is 0. The number of pyridine rings is 2. The summed E-state index contributed by atoms with van der Waals surface area (Å²) >= 11 is 3.68. The molecule has 1 spiro atoms. The van der Waals surface area contributed by atoms with Gasteiger partial charge in [0.15, 0.2) is 5.65 Å². The molecule has 1 aliphatic heterocycles. The highest BCUT2D eigenvalue weighted by Gasteiger charge is 2.53. The maximum Gasteiger partial charge on any atom is 0.179 e. The predicted molar refractivity (Wildman–Crippen MR) is 150 cm³/mol. The third kappa shape index (κ3) is 2.32. The molecule has 2 aliphatic rings. The standard InChI is InChI=1S/C30H17N5S2/c1-2-7-24-19(6-1)30(20-9-13-36-27(20)28-21(30)10-14-37-28)22-15-18-5-3-11-31-23(18)16-26(22)35(24)34-17-33-29-25(34)8-4-12-32-29/h1-17H. The Labute approximate surface area is 219 Å². The van der Waals surface area contributed by atoms with Crippen molar-refractivity contribution in [1.29, 1.82) is 0 Å². The van der Waals surface area contributed by atoms with E-state index >= 15 is 0 Å².